The fraction of sp³-hybridized carbons (Fsp3) is 0.222. The van der Waals surface area contributed by atoms with Crippen molar-refractivity contribution in [1.29, 1.82) is 0 Å². The number of nitrogen functional groups attached to an aromatic ring is 1. The summed E-state index contributed by atoms with van der Waals surface area (Å²) >= 11 is 0. The van der Waals surface area contributed by atoms with Crippen LogP contribution < -0.4 is 10.5 Å². The molecule has 3 aromatic rings. The van der Waals surface area contributed by atoms with E-state index in [1.165, 1.54) is 6.07 Å². The molecule has 0 saturated carbocycles. The Morgan fingerprint density at radius 3 is 2.47 bits per heavy atom. The van der Waals surface area contributed by atoms with E-state index in [-0.39, 0.29) is 17.5 Å². The lowest BCUT2D eigenvalue weighted by molar-refractivity contribution is -0.137. The lowest BCUT2D eigenvalue weighted by atomic mass is 10.0. The fourth-order valence-corrected chi connectivity index (χ4v) is 3.92. The van der Waals surface area contributed by atoms with Gasteiger partial charge in [-0.1, -0.05) is 24.3 Å². The number of ether oxygens (including phenoxy) is 1. The average Bonchev–Trinajstić information content (AvgIpc) is 2.84. The number of carbonyl (C=O) groups is 1. The molecule has 1 atom stereocenters. The third-order valence-corrected chi connectivity index (χ3v) is 5.70. The zero-order valence-corrected chi connectivity index (χ0v) is 20.0. The SMILES string of the molecule is CC1=CN(C(=O)c2ccc(-c3cnc(N)c(OC(C)c4cccc(C(F)(F)F)c4)c3)cc2)CC(C)=N1. The molecule has 186 valence electrons. The lowest BCUT2D eigenvalue weighted by Gasteiger charge is -2.22. The molecule has 2 heterocycles. The molecule has 2 aromatic carbocycles. The first-order valence-electron chi connectivity index (χ1n) is 11.2. The van der Waals surface area contributed by atoms with E-state index in [0.29, 0.717) is 23.2 Å². The van der Waals surface area contributed by atoms with E-state index >= 15 is 0 Å². The molecule has 2 N–H and O–H groups in total. The van der Waals surface area contributed by atoms with Crippen molar-refractivity contribution < 1.29 is 22.7 Å². The summed E-state index contributed by atoms with van der Waals surface area (Å²) in [7, 11) is 0. The molecule has 6 nitrogen and oxygen atoms in total. The summed E-state index contributed by atoms with van der Waals surface area (Å²) in [5.41, 5.74) is 9.21. The second-order valence-corrected chi connectivity index (χ2v) is 8.62. The van der Waals surface area contributed by atoms with Gasteiger partial charge in [-0.25, -0.2) is 4.98 Å². The highest BCUT2D eigenvalue weighted by Crippen LogP contribution is 2.34. The van der Waals surface area contributed by atoms with Crippen molar-refractivity contribution in [2.24, 2.45) is 4.99 Å². The van der Waals surface area contributed by atoms with Crippen LogP contribution in [0, 0.1) is 0 Å². The second-order valence-electron chi connectivity index (χ2n) is 8.62. The molecule has 9 heteroatoms. The van der Waals surface area contributed by atoms with Gasteiger partial charge in [0.15, 0.2) is 11.6 Å². The standard InChI is InChI=1S/C27H25F3N4O2/c1-16-14-34(15-17(2)33-16)26(35)20-9-7-19(8-10-20)22-12-24(25(31)32-13-22)36-18(3)21-5-4-6-23(11-21)27(28,29)30/h4-14,18H,15H2,1-3H3,(H2,31,32). The highest BCUT2D eigenvalue weighted by atomic mass is 19.4. The molecule has 1 unspecified atom stereocenters. The summed E-state index contributed by atoms with van der Waals surface area (Å²) in [6.45, 7) is 5.80. The summed E-state index contributed by atoms with van der Waals surface area (Å²) < 4.78 is 45.1. The van der Waals surface area contributed by atoms with Crippen LogP contribution in [-0.4, -0.2) is 28.0 Å². The van der Waals surface area contributed by atoms with E-state index in [2.05, 4.69) is 9.98 Å². The van der Waals surface area contributed by atoms with Gasteiger partial charge in [-0.15, -0.1) is 0 Å². The summed E-state index contributed by atoms with van der Waals surface area (Å²) in [4.78, 5) is 23.0. The topological polar surface area (TPSA) is 80.8 Å². The van der Waals surface area contributed by atoms with Gasteiger partial charge in [0.2, 0.25) is 0 Å². The summed E-state index contributed by atoms with van der Waals surface area (Å²) in [5, 5.41) is 0. The lowest BCUT2D eigenvalue weighted by Crippen LogP contribution is -2.32. The van der Waals surface area contributed by atoms with E-state index in [9.17, 15) is 18.0 Å². The van der Waals surface area contributed by atoms with Crippen LogP contribution in [0.4, 0.5) is 19.0 Å². The predicted octanol–water partition coefficient (Wildman–Crippen LogP) is 6.27. The van der Waals surface area contributed by atoms with Crippen molar-refractivity contribution in [1.82, 2.24) is 9.88 Å². The number of nitrogens with two attached hydrogens (primary N) is 1. The van der Waals surface area contributed by atoms with Crippen LogP contribution in [0.25, 0.3) is 11.1 Å². The van der Waals surface area contributed by atoms with Crippen LogP contribution >= 0.6 is 0 Å². The molecule has 1 aliphatic heterocycles. The largest absolute Gasteiger partial charge is 0.482 e. The first kappa shape index (κ1) is 25.0. The van der Waals surface area contributed by atoms with E-state index in [4.69, 9.17) is 10.5 Å². The van der Waals surface area contributed by atoms with Gasteiger partial charge in [-0.3, -0.25) is 9.79 Å². The smallest absolute Gasteiger partial charge is 0.416 e. The van der Waals surface area contributed by atoms with Crippen LogP contribution in [-0.2, 0) is 6.18 Å². The van der Waals surface area contributed by atoms with Gasteiger partial charge in [0.25, 0.3) is 5.91 Å². The molecule has 4 rings (SSSR count). The predicted molar refractivity (Wildman–Crippen MR) is 132 cm³/mol. The molecule has 0 aliphatic carbocycles. The maximum atomic E-state index is 13.1. The number of pyridine rings is 1. The summed E-state index contributed by atoms with van der Waals surface area (Å²) in [5.74, 6) is 0.236. The third kappa shape index (κ3) is 5.56. The highest BCUT2D eigenvalue weighted by molar-refractivity contribution is 5.99. The number of rotatable bonds is 5. The zero-order chi connectivity index (χ0) is 26.0. The number of allylic oxidation sites excluding steroid dienone is 1. The number of benzene rings is 2. The maximum absolute atomic E-state index is 13.1. The third-order valence-electron chi connectivity index (χ3n) is 5.70. The number of carbonyl (C=O) groups excluding carboxylic acids is 1. The van der Waals surface area contributed by atoms with Gasteiger partial charge in [-0.05, 0) is 62.2 Å². The zero-order valence-electron chi connectivity index (χ0n) is 20.0. The first-order valence-corrected chi connectivity index (χ1v) is 11.2. The minimum atomic E-state index is -4.45. The van der Waals surface area contributed by atoms with E-state index in [1.807, 2.05) is 13.8 Å². The number of hydrogen-bond acceptors (Lipinski definition) is 5. The summed E-state index contributed by atoms with van der Waals surface area (Å²) in [6.07, 6.45) is -1.84. The highest BCUT2D eigenvalue weighted by Gasteiger charge is 2.31. The van der Waals surface area contributed by atoms with Crippen molar-refractivity contribution in [2.45, 2.75) is 33.1 Å². The molecule has 1 aromatic heterocycles. The van der Waals surface area contributed by atoms with Crippen molar-refractivity contribution >= 4 is 17.4 Å². The molecule has 0 saturated heterocycles. The quantitative estimate of drug-likeness (QED) is 0.454. The molecule has 0 spiro atoms. The number of amides is 1. The number of anilines is 1. The average molecular weight is 495 g/mol. The van der Waals surface area contributed by atoms with Crippen LogP contribution in [0.5, 0.6) is 5.75 Å². The van der Waals surface area contributed by atoms with E-state index in [1.54, 1.807) is 60.6 Å². The van der Waals surface area contributed by atoms with E-state index < -0.39 is 17.8 Å². The van der Waals surface area contributed by atoms with Gasteiger partial charge < -0.3 is 15.4 Å². The van der Waals surface area contributed by atoms with Gasteiger partial charge in [0.05, 0.1) is 17.8 Å². The first-order chi connectivity index (χ1) is 17.0. The normalized spacial score (nSPS) is 14.7. The Morgan fingerprint density at radius 2 is 1.81 bits per heavy atom. The number of aromatic nitrogens is 1. The maximum Gasteiger partial charge on any atom is 0.416 e. The Balaban J connectivity index is 1.52. The van der Waals surface area contributed by atoms with Crippen molar-refractivity contribution in [3.05, 3.63) is 89.4 Å². The Hall–Kier alpha value is -4.14. The Kier molecular flexibility index (Phi) is 6.83. The van der Waals surface area contributed by atoms with Crippen LogP contribution in [0.15, 0.2) is 77.7 Å². The van der Waals surface area contributed by atoms with E-state index in [0.717, 1.165) is 29.1 Å². The molecule has 1 aliphatic rings. The molecule has 1 amide bonds. The second kappa shape index (κ2) is 9.85. The van der Waals surface area contributed by atoms with Gasteiger partial charge >= 0.3 is 6.18 Å². The van der Waals surface area contributed by atoms with Crippen LogP contribution in [0.1, 0.15) is 48.4 Å². The molecular weight excluding hydrogens is 469 g/mol. The molecule has 0 radical (unpaired) electrons. The van der Waals surface area contributed by atoms with Gasteiger partial charge in [0, 0.05) is 29.2 Å². The fourth-order valence-electron chi connectivity index (χ4n) is 3.92. The Bertz CT molecular complexity index is 1350. The number of halogens is 3. The Morgan fingerprint density at radius 1 is 1.08 bits per heavy atom. The number of aliphatic imine (C=N–C) groups is 1. The minimum absolute atomic E-state index is 0.119. The Labute approximate surface area is 206 Å². The van der Waals surface area contributed by atoms with Crippen LogP contribution in [0.2, 0.25) is 0 Å². The van der Waals surface area contributed by atoms with Crippen molar-refractivity contribution in [3.63, 3.8) is 0 Å². The number of alkyl halides is 3. The molecule has 0 bridgehead atoms. The minimum Gasteiger partial charge on any atom is -0.482 e. The van der Waals surface area contributed by atoms with Crippen molar-refractivity contribution in [3.8, 4) is 16.9 Å². The molecule has 0 fully saturated rings. The van der Waals surface area contributed by atoms with Gasteiger partial charge in [-0.2, -0.15) is 13.2 Å². The monoisotopic (exact) mass is 494 g/mol. The summed E-state index contributed by atoms with van der Waals surface area (Å²) in [6, 6.07) is 13.7. The van der Waals surface area contributed by atoms with Crippen LogP contribution in [0.3, 0.4) is 0 Å². The number of nitrogens with zero attached hydrogens (tertiary/aromatic N) is 3. The number of hydrogen-bond donors (Lipinski definition) is 1. The molecule has 36 heavy (non-hydrogen) atoms. The molecular formula is C27H25F3N4O2. The van der Waals surface area contributed by atoms with Crippen molar-refractivity contribution in [2.75, 3.05) is 12.3 Å². The van der Waals surface area contributed by atoms with Gasteiger partial charge in [0.1, 0.15) is 6.10 Å².